The molecule has 0 bridgehead atoms. The molecule has 94 valence electrons. The predicted molar refractivity (Wildman–Crippen MR) is 75.5 cm³/mol. The first-order valence-corrected chi connectivity index (χ1v) is 6.54. The zero-order chi connectivity index (χ0) is 13.0. The zero-order valence-electron chi connectivity index (χ0n) is 11.1. The molecule has 18 heavy (non-hydrogen) atoms. The fourth-order valence-corrected chi connectivity index (χ4v) is 2.41. The number of hydrogen-bond donors (Lipinski definition) is 1. The highest BCUT2D eigenvalue weighted by atomic mass is 14.7. The molecule has 2 rings (SSSR count). The van der Waals surface area contributed by atoms with Crippen LogP contribution in [0.4, 0.5) is 0 Å². The van der Waals surface area contributed by atoms with Gasteiger partial charge in [-0.15, -0.1) is 0 Å². The highest BCUT2D eigenvalue weighted by Crippen LogP contribution is 2.26. The van der Waals surface area contributed by atoms with Crippen molar-refractivity contribution in [1.29, 1.82) is 0 Å². The average molecular weight is 240 g/mol. The SMILES string of the molecule is CCc1cccc(CC)c1C(N)c1cccnc1. The highest BCUT2D eigenvalue weighted by molar-refractivity contribution is 5.42. The lowest BCUT2D eigenvalue weighted by Crippen LogP contribution is -2.16. The molecule has 2 heteroatoms. The summed E-state index contributed by atoms with van der Waals surface area (Å²) in [6, 6.07) is 10.4. The van der Waals surface area contributed by atoms with Crippen LogP contribution in [0.3, 0.4) is 0 Å². The largest absolute Gasteiger partial charge is 0.320 e. The lowest BCUT2D eigenvalue weighted by Gasteiger charge is -2.19. The molecular weight excluding hydrogens is 220 g/mol. The molecule has 0 radical (unpaired) electrons. The van der Waals surface area contributed by atoms with Crippen molar-refractivity contribution in [3.05, 3.63) is 65.0 Å². The average Bonchev–Trinajstić information content (AvgIpc) is 2.46. The van der Waals surface area contributed by atoms with Crippen LogP contribution in [0.25, 0.3) is 0 Å². The number of nitrogens with zero attached hydrogens (tertiary/aromatic N) is 1. The Hall–Kier alpha value is -1.67. The lowest BCUT2D eigenvalue weighted by atomic mass is 9.89. The first-order chi connectivity index (χ1) is 8.77. The van der Waals surface area contributed by atoms with Gasteiger partial charge in [0.25, 0.3) is 0 Å². The van der Waals surface area contributed by atoms with Crippen LogP contribution in [0.2, 0.25) is 0 Å². The summed E-state index contributed by atoms with van der Waals surface area (Å²) in [6.07, 6.45) is 5.66. The maximum Gasteiger partial charge on any atom is 0.0572 e. The minimum Gasteiger partial charge on any atom is -0.320 e. The van der Waals surface area contributed by atoms with Crippen molar-refractivity contribution in [3.63, 3.8) is 0 Å². The van der Waals surface area contributed by atoms with E-state index in [9.17, 15) is 0 Å². The Morgan fingerprint density at radius 3 is 2.22 bits per heavy atom. The van der Waals surface area contributed by atoms with Crippen LogP contribution in [-0.4, -0.2) is 4.98 Å². The Morgan fingerprint density at radius 2 is 1.72 bits per heavy atom. The number of hydrogen-bond acceptors (Lipinski definition) is 2. The molecule has 2 aromatic rings. The molecule has 0 fully saturated rings. The Bertz CT molecular complexity index is 484. The maximum absolute atomic E-state index is 6.43. The first-order valence-electron chi connectivity index (χ1n) is 6.54. The normalized spacial score (nSPS) is 12.4. The summed E-state index contributed by atoms with van der Waals surface area (Å²) >= 11 is 0. The maximum atomic E-state index is 6.43. The van der Waals surface area contributed by atoms with E-state index in [0.717, 1.165) is 18.4 Å². The third-order valence-electron chi connectivity index (χ3n) is 3.40. The van der Waals surface area contributed by atoms with Gasteiger partial charge in [-0.05, 0) is 41.2 Å². The molecule has 0 spiro atoms. The van der Waals surface area contributed by atoms with Gasteiger partial charge in [-0.1, -0.05) is 38.1 Å². The molecule has 1 heterocycles. The van der Waals surface area contributed by atoms with E-state index in [4.69, 9.17) is 5.73 Å². The van der Waals surface area contributed by atoms with Crippen LogP contribution in [0.1, 0.15) is 42.1 Å². The van der Waals surface area contributed by atoms with Gasteiger partial charge in [0.1, 0.15) is 0 Å². The molecule has 0 saturated heterocycles. The summed E-state index contributed by atoms with van der Waals surface area (Å²) in [7, 11) is 0. The molecule has 1 aromatic heterocycles. The molecule has 2 nitrogen and oxygen atoms in total. The van der Waals surface area contributed by atoms with Crippen LogP contribution in [0, 0.1) is 0 Å². The topological polar surface area (TPSA) is 38.9 Å². The van der Waals surface area contributed by atoms with Crippen molar-refractivity contribution in [2.24, 2.45) is 5.73 Å². The minimum atomic E-state index is -0.0789. The van der Waals surface area contributed by atoms with E-state index in [-0.39, 0.29) is 6.04 Å². The van der Waals surface area contributed by atoms with Crippen LogP contribution >= 0.6 is 0 Å². The molecule has 0 saturated carbocycles. The van der Waals surface area contributed by atoms with E-state index in [1.54, 1.807) is 6.20 Å². The molecule has 1 atom stereocenters. The standard InChI is InChI=1S/C16H20N2/c1-3-12-7-5-8-13(4-2)15(12)16(17)14-9-6-10-18-11-14/h5-11,16H,3-4,17H2,1-2H3. The number of aromatic nitrogens is 1. The number of rotatable bonds is 4. The fourth-order valence-electron chi connectivity index (χ4n) is 2.41. The molecule has 1 aromatic carbocycles. The molecule has 0 aliphatic heterocycles. The van der Waals surface area contributed by atoms with Gasteiger partial charge >= 0.3 is 0 Å². The third kappa shape index (κ3) is 2.44. The summed E-state index contributed by atoms with van der Waals surface area (Å²) in [5, 5.41) is 0. The second kappa shape index (κ2) is 5.78. The van der Waals surface area contributed by atoms with Crippen molar-refractivity contribution in [1.82, 2.24) is 4.98 Å². The molecule has 0 amide bonds. The van der Waals surface area contributed by atoms with Crippen LogP contribution in [0.15, 0.2) is 42.7 Å². The van der Waals surface area contributed by atoms with E-state index < -0.39 is 0 Å². The number of benzene rings is 1. The van der Waals surface area contributed by atoms with Crippen LogP contribution < -0.4 is 5.73 Å². The summed E-state index contributed by atoms with van der Waals surface area (Å²) in [4.78, 5) is 4.16. The second-order valence-corrected chi connectivity index (χ2v) is 4.46. The van der Waals surface area contributed by atoms with Crippen LogP contribution in [0.5, 0.6) is 0 Å². The van der Waals surface area contributed by atoms with Gasteiger partial charge in [0, 0.05) is 12.4 Å². The van der Waals surface area contributed by atoms with Gasteiger partial charge < -0.3 is 5.73 Å². The van der Waals surface area contributed by atoms with Gasteiger partial charge in [0.05, 0.1) is 6.04 Å². The Balaban J connectivity index is 2.49. The molecule has 0 aliphatic carbocycles. The predicted octanol–water partition coefficient (Wildman–Crippen LogP) is 3.25. The van der Waals surface area contributed by atoms with Crippen molar-refractivity contribution in [2.45, 2.75) is 32.7 Å². The van der Waals surface area contributed by atoms with Gasteiger partial charge in [0.2, 0.25) is 0 Å². The van der Waals surface area contributed by atoms with Crippen molar-refractivity contribution in [2.75, 3.05) is 0 Å². The van der Waals surface area contributed by atoms with Crippen molar-refractivity contribution < 1.29 is 0 Å². The smallest absolute Gasteiger partial charge is 0.0572 e. The monoisotopic (exact) mass is 240 g/mol. The first kappa shape index (κ1) is 12.8. The second-order valence-electron chi connectivity index (χ2n) is 4.46. The summed E-state index contributed by atoms with van der Waals surface area (Å²) in [5.74, 6) is 0. The highest BCUT2D eigenvalue weighted by Gasteiger charge is 2.15. The number of nitrogens with two attached hydrogens (primary N) is 1. The van der Waals surface area contributed by atoms with Gasteiger partial charge in [-0.3, -0.25) is 4.98 Å². The van der Waals surface area contributed by atoms with E-state index in [1.807, 2.05) is 18.3 Å². The Labute approximate surface area is 109 Å². The minimum absolute atomic E-state index is 0.0789. The van der Waals surface area contributed by atoms with E-state index >= 15 is 0 Å². The summed E-state index contributed by atoms with van der Waals surface area (Å²) in [5.41, 5.74) is 11.5. The fraction of sp³-hybridized carbons (Fsp3) is 0.312. The molecular formula is C16H20N2. The quantitative estimate of drug-likeness (QED) is 0.891. The van der Waals surface area contributed by atoms with Crippen molar-refractivity contribution in [3.8, 4) is 0 Å². The number of pyridine rings is 1. The number of aryl methyl sites for hydroxylation is 2. The van der Waals surface area contributed by atoms with Crippen molar-refractivity contribution >= 4 is 0 Å². The van der Waals surface area contributed by atoms with Crippen LogP contribution in [-0.2, 0) is 12.8 Å². The summed E-state index contributed by atoms with van der Waals surface area (Å²) < 4.78 is 0. The zero-order valence-corrected chi connectivity index (χ0v) is 11.1. The molecule has 2 N–H and O–H groups in total. The van der Waals surface area contributed by atoms with E-state index in [2.05, 4.69) is 37.0 Å². The third-order valence-corrected chi connectivity index (χ3v) is 3.40. The summed E-state index contributed by atoms with van der Waals surface area (Å²) in [6.45, 7) is 4.35. The van der Waals surface area contributed by atoms with Gasteiger partial charge in [-0.2, -0.15) is 0 Å². The Kier molecular flexibility index (Phi) is 4.11. The molecule has 1 unspecified atom stereocenters. The van der Waals surface area contributed by atoms with E-state index in [0.29, 0.717) is 0 Å². The lowest BCUT2D eigenvalue weighted by molar-refractivity contribution is 0.822. The van der Waals surface area contributed by atoms with Gasteiger partial charge in [0.15, 0.2) is 0 Å². The van der Waals surface area contributed by atoms with Gasteiger partial charge in [-0.25, -0.2) is 0 Å². The Morgan fingerprint density at radius 1 is 1.06 bits per heavy atom. The molecule has 0 aliphatic rings. The van der Waals surface area contributed by atoms with E-state index in [1.165, 1.54) is 16.7 Å².